The first kappa shape index (κ1) is 21.5. The van der Waals surface area contributed by atoms with Crippen LogP contribution in [0.2, 0.25) is 0 Å². The first-order valence-corrected chi connectivity index (χ1v) is 10.9. The van der Waals surface area contributed by atoms with Gasteiger partial charge in [-0.3, -0.25) is 9.59 Å². The Morgan fingerprint density at radius 3 is 2.31 bits per heavy atom. The average molecular weight is 403 g/mol. The summed E-state index contributed by atoms with van der Waals surface area (Å²) in [4.78, 5) is 29.6. The molecule has 2 saturated heterocycles. The van der Waals surface area contributed by atoms with E-state index >= 15 is 0 Å². The molecular weight excluding hydrogens is 368 g/mol. The minimum atomic E-state index is -0.0115. The lowest BCUT2D eigenvalue weighted by molar-refractivity contribution is -0.137. The Morgan fingerprint density at radius 1 is 1.00 bits per heavy atom. The molecule has 0 spiro atoms. The largest absolute Gasteiger partial charge is 0.493 e. The molecule has 0 atom stereocenters. The molecule has 2 aliphatic rings. The predicted molar refractivity (Wildman–Crippen MR) is 112 cm³/mol. The Bertz CT molecular complexity index is 705. The van der Waals surface area contributed by atoms with Gasteiger partial charge < -0.3 is 19.3 Å². The van der Waals surface area contributed by atoms with Gasteiger partial charge in [0.2, 0.25) is 5.91 Å². The fraction of sp³-hybridized carbons (Fsp3) is 0.652. The second-order valence-corrected chi connectivity index (χ2v) is 8.52. The normalized spacial score (nSPS) is 18.1. The minimum Gasteiger partial charge on any atom is -0.493 e. The Morgan fingerprint density at radius 2 is 1.69 bits per heavy atom. The molecule has 1 aromatic carbocycles. The van der Waals surface area contributed by atoms with E-state index in [1.165, 1.54) is 6.42 Å². The number of likely N-dealkylation sites (tertiary alicyclic amines) is 2. The first-order chi connectivity index (χ1) is 14.0. The van der Waals surface area contributed by atoms with Crippen LogP contribution in [0.25, 0.3) is 0 Å². The van der Waals surface area contributed by atoms with Crippen molar-refractivity contribution in [2.24, 2.45) is 11.8 Å². The van der Waals surface area contributed by atoms with E-state index in [0.29, 0.717) is 42.7 Å². The zero-order chi connectivity index (χ0) is 20.8. The van der Waals surface area contributed by atoms with E-state index in [4.69, 9.17) is 9.47 Å². The highest BCUT2D eigenvalue weighted by Gasteiger charge is 2.31. The summed E-state index contributed by atoms with van der Waals surface area (Å²) in [6, 6.07) is 5.36. The topological polar surface area (TPSA) is 59.1 Å². The number of carbonyl (C=O) groups is 2. The van der Waals surface area contributed by atoms with E-state index in [9.17, 15) is 9.59 Å². The van der Waals surface area contributed by atoms with Gasteiger partial charge in [-0.05, 0) is 56.2 Å². The molecule has 0 radical (unpaired) electrons. The van der Waals surface area contributed by atoms with Gasteiger partial charge in [0.05, 0.1) is 13.7 Å². The van der Waals surface area contributed by atoms with Crippen molar-refractivity contribution in [1.29, 1.82) is 0 Å². The summed E-state index contributed by atoms with van der Waals surface area (Å²) >= 11 is 0. The Balaban J connectivity index is 1.58. The standard InChI is InChI=1S/C23H34N2O4/c1-17(2)16-29-20-8-7-19(15-21(20)28-3)23(27)25-13-9-18(10-14-25)22(26)24-11-5-4-6-12-24/h7-8,15,17-18H,4-6,9-14,16H2,1-3H3. The van der Waals surface area contributed by atoms with Crippen LogP contribution in [0.3, 0.4) is 0 Å². The second kappa shape index (κ2) is 9.99. The van der Waals surface area contributed by atoms with Crippen LogP contribution in [0.15, 0.2) is 18.2 Å². The number of amides is 2. The van der Waals surface area contributed by atoms with Crippen molar-refractivity contribution in [3.8, 4) is 11.5 Å². The number of piperidine rings is 2. The molecule has 6 heteroatoms. The highest BCUT2D eigenvalue weighted by Crippen LogP contribution is 2.30. The Labute approximate surface area is 174 Å². The number of methoxy groups -OCH3 is 1. The number of benzene rings is 1. The maximum absolute atomic E-state index is 13.0. The molecule has 6 nitrogen and oxygen atoms in total. The van der Waals surface area contributed by atoms with Crippen molar-refractivity contribution in [3.63, 3.8) is 0 Å². The van der Waals surface area contributed by atoms with Crippen LogP contribution >= 0.6 is 0 Å². The van der Waals surface area contributed by atoms with Gasteiger partial charge in [-0.25, -0.2) is 0 Å². The highest BCUT2D eigenvalue weighted by atomic mass is 16.5. The number of carbonyl (C=O) groups excluding carboxylic acids is 2. The van der Waals surface area contributed by atoms with Crippen molar-refractivity contribution >= 4 is 11.8 Å². The molecule has 2 aliphatic heterocycles. The van der Waals surface area contributed by atoms with Gasteiger partial charge in [-0.2, -0.15) is 0 Å². The molecule has 0 aromatic heterocycles. The zero-order valence-corrected chi connectivity index (χ0v) is 18.0. The molecular formula is C23H34N2O4. The first-order valence-electron chi connectivity index (χ1n) is 10.9. The van der Waals surface area contributed by atoms with Crippen molar-refractivity contribution in [1.82, 2.24) is 9.80 Å². The van der Waals surface area contributed by atoms with E-state index in [-0.39, 0.29) is 17.7 Å². The van der Waals surface area contributed by atoms with Gasteiger partial charge in [0.15, 0.2) is 11.5 Å². The highest BCUT2D eigenvalue weighted by molar-refractivity contribution is 5.95. The summed E-state index contributed by atoms with van der Waals surface area (Å²) in [7, 11) is 1.59. The summed E-state index contributed by atoms with van der Waals surface area (Å²) in [6.45, 7) is 7.80. The number of hydrogen-bond donors (Lipinski definition) is 0. The molecule has 1 aromatic rings. The fourth-order valence-corrected chi connectivity index (χ4v) is 4.06. The van der Waals surface area contributed by atoms with Gasteiger partial charge in [0, 0.05) is 37.7 Å². The molecule has 0 aliphatic carbocycles. The lowest BCUT2D eigenvalue weighted by Gasteiger charge is -2.35. The Kier molecular flexibility index (Phi) is 7.40. The number of hydrogen-bond acceptors (Lipinski definition) is 4. The molecule has 2 heterocycles. The second-order valence-electron chi connectivity index (χ2n) is 8.52. The SMILES string of the molecule is COc1cc(C(=O)N2CCC(C(=O)N3CCCCC3)CC2)ccc1OCC(C)C. The van der Waals surface area contributed by atoms with Gasteiger partial charge in [-0.15, -0.1) is 0 Å². The molecule has 160 valence electrons. The predicted octanol–water partition coefficient (Wildman–Crippen LogP) is 3.59. The van der Waals surface area contributed by atoms with Gasteiger partial charge in [-0.1, -0.05) is 13.8 Å². The molecule has 0 saturated carbocycles. The van der Waals surface area contributed by atoms with E-state index in [2.05, 4.69) is 13.8 Å². The zero-order valence-electron chi connectivity index (χ0n) is 18.0. The monoisotopic (exact) mass is 402 g/mol. The minimum absolute atomic E-state index is 0.0115. The maximum Gasteiger partial charge on any atom is 0.253 e. The van der Waals surface area contributed by atoms with E-state index in [1.54, 1.807) is 25.3 Å². The summed E-state index contributed by atoms with van der Waals surface area (Å²) in [5.41, 5.74) is 0.597. The average Bonchev–Trinajstić information content (AvgIpc) is 2.77. The van der Waals surface area contributed by atoms with E-state index in [1.807, 2.05) is 9.80 Å². The molecule has 2 fully saturated rings. The van der Waals surface area contributed by atoms with Gasteiger partial charge in [0.25, 0.3) is 5.91 Å². The van der Waals surface area contributed by atoms with Crippen molar-refractivity contribution in [2.45, 2.75) is 46.0 Å². The third kappa shape index (κ3) is 5.43. The quantitative estimate of drug-likeness (QED) is 0.730. The van der Waals surface area contributed by atoms with Crippen LogP contribution in [0, 0.1) is 11.8 Å². The summed E-state index contributed by atoms with van der Waals surface area (Å²) in [5, 5.41) is 0. The van der Waals surface area contributed by atoms with Gasteiger partial charge in [0.1, 0.15) is 0 Å². The molecule has 2 amide bonds. The van der Waals surface area contributed by atoms with Gasteiger partial charge >= 0.3 is 0 Å². The van der Waals surface area contributed by atoms with Crippen LogP contribution in [0.4, 0.5) is 0 Å². The Hall–Kier alpha value is -2.24. The molecule has 0 unspecified atom stereocenters. The summed E-state index contributed by atoms with van der Waals surface area (Å²) in [5.74, 6) is 1.97. The number of rotatable bonds is 6. The molecule has 29 heavy (non-hydrogen) atoms. The van der Waals surface area contributed by atoms with Crippen molar-refractivity contribution in [3.05, 3.63) is 23.8 Å². The van der Waals surface area contributed by atoms with Crippen molar-refractivity contribution < 1.29 is 19.1 Å². The fourth-order valence-electron chi connectivity index (χ4n) is 4.06. The molecule has 0 bridgehead atoms. The van der Waals surface area contributed by atoms with Crippen molar-refractivity contribution in [2.75, 3.05) is 39.9 Å². The third-order valence-corrected chi connectivity index (χ3v) is 5.78. The van der Waals surface area contributed by atoms with Crippen LogP contribution in [-0.4, -0.2) is 61.5 Å². The number of nitrogens with zero attached hydrogens (tertiary/aromatic N) is 2. The maximum atomic E-state index is 13.0. The van der Waals surface area contributed by atoms with Crippen LogP contribution in [0.1, 0.15) is 56.3 Å². The van der Waals surface area contributed by atoms with Crippen LogP contribution < -0.4 is 9.47 Å². The van der Waals surface area contributed by atoms with E-state index < -0.39 is 0 Å². The van der Waals surface area contributed by atoms with E-state index in [0.717, 1.165) is 38.8 Å². The summed E-state index contributed by atoms with van der Waals surface area (Å²) in [6.07, 6.45) is 4.94. The smallest absolute Gasteiger partial charge is 0.253 e. The lowest BCUT2D eigenvalue weighted by atomic mass is 9.94. The third-order valence-electron chi connectivity index (χ3n) is 5.78. The van der Waals surface area contributed by atoms with Crippen LogP contribution in [-0.2, 0) is 4.79 Å². The lowest BCUT2D eigenvalue weighted by Crippen LogP contribution is -2.45. The molecule has 0 N–H and O–H groups in total. The number of ether oxygens (including phenoxy) is 2. The van der Waals surface area contributed by atoms with Crippen LogP contribution in [0.5, 0.6) is 11.5 Å². The molecule has 3 rings (SSSR count). The summed E-state index contributed by atoms with van der Waals surface area (Å²) < 4.78 is 11.2.